The normalized spacial score (nSPS) is 13.9. The van der Waals surface area contributed by atoms with Gasteiger partial charge in [0.05, 0.1) is 5.56 Å². The first kappa shape index (κ1) is 20.6. The third-order valence-corrected chi connectivity index (χ3v) is 5.10. The van der Waals surface area contributed by atoms with Crippen LogP contribution < -0.4 is 4.74 Å². The van der Waals surface area contributed by atoms with E-state index < -0.39 is 12.1 Å². The number of esters is 1. The first-order valence-corrected chi connectivity index (χ1v) is 10.1. The summed E-state index contributed by atoms with van der Waals surface area (Å²) in [7, 11) is 0. The molecule has 0 spiro atoms. The van der Waals surface area contributed by atoms with Crippen molar-refractivity contribution in [2.75, 3.05) is 6.54 Å². The van der Waals surface area contributed by atoms with Crippen molar-refractivity contribution >= 4 is 11.9 Å². The molecular formula is C23H23N3O5. The van der Waals surface area contributed by atoms with E-state index in [1.54, 1.807) is 43.0 Å². The van der Waals surface area contributed by atoms with Crippen LogP contribution in [-0.2, 0) is 29.1 Å². The number of hydrogen-bond donors (Lipinski definition) is 0. The van der Waals surface area contributed by atoms with E-state index in [9.17, 15) is 9.59 Å². The van der Waals surface area contributed by atoms with Gasteiger partial charge in [0.1, 0.15) is 5.75 Å². The predicted octanol–water partition coefficient (Wildman–Crippen LogP) is 3.09. The van der Waals surface area contributed by atoms with Crippen molar-refractivity contribution in [1.82, 2.24) is 15.0 Å². The molecule has 1 unspecified atom stereocenters. The quantitative estimate of drug-likeness (QED) is 0.565. The SMILES string of the molecule is Cc1nc(COc2ccc(C(=O)OC(C)C(=O)N3CCc4ccccc4C3)cc2)no1. The molecule has 1 atom stereocenters. The van der Waals surface area contributed by atoms with E-state index in [0.717, 1.165) is 12.0 Å². The average Bonchev–Trinajstić information content (AvgIpc) is 3.22. The van der Waals surface area contributed by atoms with E-state index in [2.05, 4.69) is 16.2 Å². The van der Waals surface area contributed by atoms with E-state index in [4.69, 9.17) is 14.0 Å². The Morgan fingerprint density at radius 3 is 2.58 bits per heavy atom. The van der Waals surface area contributed by atoms with Gasteiger partial charge in [-0.15, -0.1) is 0 Å². The highest BCUT2D eigenvalue weighted by molar-refractivity contribution is 5.92. The summed E-state index contributed by atoms with van der Waals surface area (Å²) in [5, 5.41) is 3.76. The third-order valence-electron chi connectivity index (χ3n) is 5.10. The highest BCUT2D eigenvalue weighted by atomic mass is 16.5. The fourth-order valence-electron chi connectivity index (χ4n) is 3.46. The number of fused-ring (bicyclic) bond motifs is 1. The van der Waals surface area contributed by atoms with E-state index in [1.165, 1.54) is 5.56 Å². The molecule has 160 valence electrons. The van der Waals surface area contributed by atoms with Crippen LogP contribution in [0.5, 0.6) is 5.75 Å². The molecule has 0 aliphatic carbocycles. The largest absolute Gasteiger partial charge is 0.485 e. The molecule has 8 heteroatoms. The van der Waals surface area contributed by atoms with Gasteiger partial charge in [-0.2, -0.15) is 4.98 Å². The van der Waals surface area contributed by atoms with Crippen LogP contribution in [-0.4, -0.2) is 39.6 Å². The number of benzene rings is 2. The van der Waals surface area contributed by atoms with Crippen molar-refractivity contribution in [3.05, 3.63) is 76.9 Å². The lowest BCUT2D eigenvalue weighted by Gasteiger charge is -2.30. The van der Waals surface area contributed by atoms with Crippen LogP contribution in [0.15, 0.2) is 53.1 Å². The van der Waals surface area contributed by atoms with Crippen LogP contribution in [0.2, 0.25) is 0 Å². The maximum atomic E-state index is 12.8. The minimum Gasteiger partial charge on any atom is -0.485 e. The van der Waals surface area contributed by atoms with Gasteiger partial charge in [-0.1, -0.05) is 29.4 Å². The second-order valence-electron chi connectivity index (χ2n) is 7.37. The molecule has 1 amide bonds. The van der Waals surface area contributed by atoms with Gasteiger partial charge in [-0.3, -0.25) is 4.79 Å². The molecule has 1 aliphatic heterocycles. The molecule has 1 aromatic heterocycles. The van der Waals surface area contributed by atoms with E-state index in [0.29, 0.717) is 36.1 Å². The van der Waals surface area contributed by atoms with Gasteiger partial charge in [0, 0.05) is 20.0 Å². The minimum atomic E-state index is -0.866. The first-order chi connectivity index (χ1) is 15.0. The Bertz CT molecular complexity index is 1080. The molecule has 8 nitrogen and oxygen atoms in total. The molecule has 3 aromatic rings. The Labute approximate surface area is 179 Å². The molecule has 0 N–H and O–H groups in total. The van der Waals surface area contributed by atoms with Crippen molar-refractivity contribution in [1.29, 1.82) is 0 Å². The molecule has 0 bridgehead atoms. The van der Waals surface area contributed by atoms with Gasteiger partial charge >= 0.3 is 5.97 Å². The lowest BCUT2D eigenvalue weighted by molar-refractivity contribution is -0.140. The Balaban J connectivity index is 1.30. The minimum absolute atomic E-state index is 0.158. The van der Waals surface area contributed by atoms with Gasteiger partial charge in [-0.05, 0) is 48.7 Å². The topological polar surface area (TPSA) is 94.8 Å². The van der Waals surface area contributed by atoms with Crippen LogP contribution in [0, 0.1) is 6.92 Å². The van der Waals surface area contributed by atoms with Gasteiger partial charge in [0.25, 0.3) is 5.91 Å². The highest BCUT2D eigenvalue weighted by Crippen LogP contribution is 2.20. The zero-order valence-corrected chi connectivity index (χ0v) is 17.4. The molecule has 1 aliphatic rings. The number of ether oxygens (including phenoxy) is 2. The van der Waals surface area contributed by atoms with Crippen molar-refractivity contribution in [3.8, 4) is 5.75 Å². The lowest BCUT2D eigenvalue weighted by atomic mass is 9.99. The number of carbonyl (C=O) groups is 2. The van der Waals surface area contributed by atoms with Crippen molar-refractivity contribution < 1.29 is 23.6 Å². The summed E-state index contributed by atoms with van der Waals surface area (Å²) in [4.78, 5) is 31.0. The van der Waals surface area contributed by atoms with E-state index >= 15 is 0 Å². The smallest absolute Gasteiger partial charge is 0.338 e. The van der Waals surface area contributed by atoms with Gasteiger partial charge in [0.15, 0.2) is 12.7 Å². The van der Waals surface area contributed by atoms with E-state index in [1.807, 2.05) is 18.2 Å². The van der Waals surface area contributed by atoms with Crippen LogP contribution in [0.1, 0.15) is 40.1 Å². The standard InChI is InChI=1S/C23H23N3O5/c1-15(22(27)26-12-11-17-5-3-4-6-19(17)13-26)30-23(28)18-7-9-20(10-8-18)29-14-21-24-16(2)31-25-21/h3-10,15H,11-14H2,1-2H3. The highest BCUT2D eigenvalue weighted by Gasteiger charge is 2.27. The fourth-order valence-corrected chi connectivity index (χ4v) is 3.46. The second kappa shape index (κ2) is 8.99. The summed E-state index contributed by atoms with van der Waals surface area (Å²) in [6, 6.07) is 14.6. The molecule has 0 fully saturated rings. The van der Waals surface area contributed by atoms with Crippen molar-refractivity contribution in [3.63, 3.8) is 0 Å². The van der Waals surface area contributed by atoms with Gasteiger partial charge < -0.3 is 18.9 Å². The molecular weight excluding hydrogens is 398 g/mol. The molecule has 0 saturated carbocycles. The molecule has 0 radical (unpaired) electrons. The van der Waals surface area contributed by atoms with Crippen LogP contribution in [0.3, 0.4) is 0 Å². The summed E-state index contributed by atoms with van der Waals surface area (Å²) in [5.41, 5.74) is 2.73. The number of hydrogen-bond acceptors (Lipinski definition) is 7. The molecule has 0 saturated heterocycles. The van der Waals surface area contributed by atoms with Crippen LogP contribution in [0.25, 0.3) is 0 Å². The summed E-state index contributed by atoms with van der Waals surface area (Å²) < 4.78 is 15.9. The molecule has 31 heavy (non-hydrogen) atoms. The Morgan fingerprint density at radius 2 is 1.87 bits per heavy atom. The van der Waals surface area contributed by atoms with E-state index in [-0.39, 0.29) is 12.5 Å². The molecule has 2 aromatic carbocycles. The number of amides is 1. The summed E-state index contributed by atoms with van der Waals surface area (Å²) in [6.07, 6.45) is -0.0665. The zero-order valence-electron chi connectivity index (χ0n) is 17.4. The number of nitrogens with zero attached hydrogens (tertiary/aromatic N) is 3. The Hall–Kier alpha value is -3.68. The summed E-state index contributed by atoms with van der Waals surface area (Å²) in [5.74, 6) is 0.703. The van der Waals surface area contributed by atoms with Crippen molar-refractivity contribution in [2.45, 2.75) is 39.5 Å². The van der Waals surface area contributed by atoms with Gasteiger partial charge in [0.2, 0.25) is 11.7 Å². The maximum absolute atomic E-state index is 12.8. The van der Waals surface area contributed by atoms with Gasteiger partial charge in [-0.25, -0.2) is 4.79 Å². The average molecular weight is 421 g/mol. The zero-order chi connectivity index (χ0) is 21.8. The third kappa shape index (κ3) is 4.91. The Kier molecular flexibility index (Phi) is 5.97. The lowest BCUT2D eigenvalue weighted by Crippen LogP contribution is -2.42. The van der Waals surface area contributed by atoms with Crippen molar-refractivity contribution in [2.24, 2.45) is 0 Å². The fraction of sp³-hybridized carbons (Fsp3) is 0.304. The summed E-state index contributed by atoms with van der Waals surface area (Å²) in [6.45, 7) is 4.61. The maximum Gasteiger partial charge on any atom is 0.338 e. The number of rotatable bonds is 6. The number of aryl methyl sites for hydroxylation is 1. The first-order valence-electron chi connectivity index (χ1n) is 10.1. The Morgan fingerprint density at radius 1 is 1.13 bits per heavy atom. The predicted molar refractivity (Wildman–Crippen MR) is 110 cm³/mol. The molecule has 2 heterocycles. The number of aromatic nitrogens is 2. The monoisotopic (exact) mass is 421 g/mol. The molecule has 4 rings (SSSR count). The summed E-state index contributed by atoms with van der Waals surface area (Å²) >= 11 is 0. The van der Waals surface area contributed by atoms with Crippen LogP contribution >= 0.6 is 0 Å². The van der Waals surface area contributed by atoms with Crippen LogP contribution in [0.4, 0.5) is 0 Å². The second-order valence-corrected chi connectivity index (χ2v) is 7.37. The number of carbonyl (C=O) groups excluding carboxylic acids is 2.